The van der Waals surface area contributed by atoms with E-state index in [0.29, 0.717) is 0 Å². The molecule has 0 aliphatic heterocycles. The summed E-state index contributed by atoms with van der Waals surface area (Å²) in [6.07, 6.45) is -1.39. The summed E-state index contributed by atoms with van der Waals surface area (Å²) in [6, 6.07) is 0. The Morgan fingerprint density at radius 1 is 1.18 bits per heavy atom. The van der Waals surface area contributed by atoms with Crippen LogP contribution in [0.4, 0.5) is 16.2 Å². The monoisotopic (exact) mass is 246 g/mol. The molecule has 0 aliphatic carbocycles. The SMILES string of the molecule is COC(=O)[NH+]([O-])c1c(O)c(O)c(N)c(O)c1O. The second-order valence-electron chi connectivity index (χ2n) is 3.00. The van der Waals surface area contributed by atoms with Crippen LogP contribution in [0.25, 0.3) is 0 Å². The molecule has 9 heteroatoms. The standard InChI is InChI=1S/C8H10N2O7/c1-17-8(15)10(16)3-6(13)4(11)2(9)5(12)7(3)14/h10-14H,9H2,1H3. The Morgan fingerprint density at radius 3 is 1.94 bits per heavy atom. The van der Waals surface area contributed by atoms with Crippen molar-refractivity contribution in [1.29, 1.82) is 0 Å². The van der Waals surface area contributed by atoms with Gasteiger partial charge in [-0.2, -0.15) is 4.79 Å². The summed E-state index contributed by atoms with van der Waals surface area (Å²) >= 11 is 0. The molecule has 0 bridgehead atoms. The van der Waals surface area contributed by atoms with E-state index in [1.807, 2.05) is 0 Å². The first-order chi connectivity index (χ1) is 7.82. The zero-order valence-electron chi connectivity index (χ0n) is 8.59. The number of hydrogen-bond donors (Lipinski definition) is 6. The fourth-order valence-corrected chi connectivity index (χ4v) is 1.13. The molecule has 0 aromatic heterocycles. The lowest BCUT2D eigenvalue weighted by Gasteiger charge is -2.20. The third-order valence-electron chi connectivity index (χ3n) is 2.03. The average molecular weight is 246 g/mol. The van der Waals surface area contributed by atoms with Crippen molar-refractivity contribution in [2.75, 3.05) is 12.8 Å². The Hall–Kier alpha value is -2.39. The van der Waals surface area contributed by atoms with E-state index in [9.17, 15) is 30.4 Å². The summed E-state index contributed by atoms with van der Waals surface area (Å²) in [5, 5.41) is 47.2. The quantitative estimate of drug-likeness (QED) is 0.157. The van der Waals surface area contributed by atoms with Gasteiger partial charge in [-0.05, 0) is 0 Å². The van der Waals surface area contributed by atoms with Crippen LogP contribution in [0.1, 0.15) is 0 Å². The summed E-state index contributed by atoms with van der Waals surface area (Å²) in [7, 11) is 0.908. The maximum atomic E-state index is 11.4. The maximum absolute atomic E-state index is 11.4. The number of nitrogens with one attached hydrogen (secondary N) is 1. The highest BCUT2D eigenvalue weighted by Gasteiger charge is 2.30. The second-order valence-corrected chi connectivity index (χ2v) is 3.00. The molecule has 17 heavy (non-hydrogen) atoms. The van der Waals surface area contributed by atoms with Gasteiger partial charge in [0.25, 0.3) is 0 Å². The Morgan fingerprint density at radius 2 is 1.59 bits per heavy atom. The zero-order valence-corrected chi connectivity index (χ0v) is 8.59. The Bertz CT molecular complexity index is 444. The smallest absolute Gasteiger partial charge is 0.519 e. The van der Waals surface area contributed by atoms with Gasteiger partial charge in [-0.1, -0.05) is 0 Å². The van der Waals surface area contributed by atoms with Gasteiger partial charge in [0.15, 0.2) is 11.5 Å². The van der Waals surface area contributed by atoms with Gasteiger partial charge in [0, 0.05) is 0 Å². The molecule has 0 radical (unpaired) electrons. The van der Waals surface area contributed by atoms with E-state index >= 15 is 0 Å². The molecular weight excluding hydrogens is 236 g/mol. The molecule has 1 amide bonds. The first-order valence-electron chi connectivity index (χ1n) is 4.20. The van der Waals surface area contributed by atoms with Crippen LogP contribution in [0.2, 0.25) is 0 Å². The Labute approximate surface area is 94.5 Å². The van der Waals surface area contributed by atoms with Crippen LogP contribution < -0.4 is 10.8 Å². The molecule has 0 spiro atoms. The molecule has 0 aliphatic rings. The molecule has 1 unspecified atom stereocenters. The first kappa shape index (κ1) is 12.7. The van der Waals surface area contributed by atoms with Crippen molar-refractivity contribution in [3.05, 3.63) is 5.21 Å². The largest absolute Gasteiger partial charge is 0.618 e. The van der Waals surface area contributed by atoms with Crippen molar-refractivity contribution >= 4 is 17.5 Å². The molecule has 1 aromatic rings. The fraction of sp³-hybridized carbons (Fsp3) is 0.125. The molecule has 0 saturated heterocycles. The van der Waals surface area contributed by atoms with E-state index in [0.717, 1.165) is 7.11 Å². The van der Waals surface area contributed by atoms with E-state index in [1.165, 1.54) is 0 Å². The number of hydrogen-bond acceptors (Lipinski definition) is 8. The topological polar surface area (TPSA) is 161 Å². The number of nitrogens with two attached hydrogens (primary N) is 1. The van der Waals surface area contributed by atoms with Crippen LogP contribution in [0.5, 0.6) is 23.0 Å². The molecular formula is C8H10N2O7. The summed E-state index contributed by atoms with van der Waals surface area (Å²) < 4.78 is 4.08. The number of benzene rings is 1. The Kier molecular flexibility index (Phi) is 3.16. The van der Waals surface area contributed by atoms with Crippen molar-refractivity contribution in [2.24, 2.45) is 0 Å². The number of ether oxygens (including phenoxy) is 1. The van der Waals surface area contributed by atoms with Gasteiger partial charge in [-0.25, -0.2) is 5.06 Å². The number of hydroxylamine groups is 1. The minimum absolute atomic E-state index is 0.721. The molecule has 0 saturated carbocycles. The van der Waals surface area contributed by atoms with E-state index in [-0.39, 0.29) is 0 Å². The van der Waals surface area contributed by atoms with Gasteiger partial charge in [0.1, 0.15) is 5.69 Å². The van der Waals surface area contributed by atoms with Gasteiger partial charge in [0.2, 0.25) is 17.2 Å². The van der Waals surface area contributed by atoms with E-state index in [1.54, 1.807) is 0 Å². The van der Waals surface area contributed by atoms with Crippen molar-refractivity contribution in [2.45, 2.75) is 0 Å². The zero-order chi connectivity index (χ0) is 13.3. The molecule has 94 valence electrons. The van der Waals surface area contributed by atoms with Crippen molar-refractivity contribution in [1.82, 2.24) is 0 Å². The van der Waals surface area contributed by atoms with E-state index < -0.39 is 45.5 Å². The number of phenolic OH excluding ortho intramolecular Hbond substituents is 4. The van der Waals surface area contributed by atoms with Crippen molar-refractivity contribution < 1.29 is 35.0 Å². The highest BCUT2D eigenvalue weighted by atomic mass is 16.6. The molecule has 1 atom stereocenters. The number of rotatable bonds is 1. The minimum atomic E-state index is -1.44. The number of anilines is 1. The van der Waals surface area contributed by atoms with Gasteiger partial charge in [-0.15, -0.1) is 0 Å². The third-order valence-corrected chi connectivity index (χ3v) is 2.03. The van der Waals surface area contributed by atoms with E-state index in [2.05, 4.69) is 4.74 Å². The molecule has 1 aromatic carbocycles. The predicted molar refractivity (Wildman–Crippen MR) is 53.9 cm³/mol. The molecule has 0 fully saturated rings. The highest BCUT2D eigenvalue weighted by Crippen LogP contribution is 2.49. The summed E-state index contributed by atoms with van der Waals surface area (Å²) in [6.45, 7) is 0. The first-order valence-corrected chi connectivity index (χ1v) is 4.20. The number of nitrogen functional groups attached to an aromatic ring is 1. The van der Waals surface area contributed by atoms with Crippen LogP contribution >= 0.6 is 0 Å². The van der Waals surface area contributed by atoms with Crippen LogP contribution in [-0.4, -0.2) is 33.6 Å². The highest BCUT2D eigenvalue weighted by molar-refractivity contribution is 5.82. The third kappa shape index (κ3) is 1.84. The number of phenols is 4. The molecule has 1 rings (SSSR count). The number of quaternary nitrogens is 1. The fourth-order valence-electron chi connectivity index (χ4n) is 1.13. The average Bonchev–Trinajstić information content (AvgIpc) is 2.32. The van der Waals surface area contributed by atoms with E-state index in [4.69, 9.17) is 5.73 Å². The lowest BCUT2D eigenvalue weighted by atomic mass is 10.2. The molecule has 0 heterocycles. The summed E-state index contributed by atoms with van der Waals surface area (Å²) in [5.41, 5.74) is 3.41. The normalized spacial score (nSPS) is 12.1. The number of amides is 1. The minimum Gasteiger partial charge on any atom is -0.618 e. The van der Waals surface area contributed by atoms with Crippen LogP contribution in [0, 0.1) is 5.21 Å². The molecule has 9 nitrogen and oxygen atoms in total. The van der Waals surface area contributed by atoms with Gasteiger partial charge >= 0.3 is 6.09 Å². The van der Waals surface area contributed by atoms with Gasteiger partial charge in [0.05, 0.1) is 7.11 Å². The number of methoxy groups -OCH3 is 1. The lowest BCUT2D eigenvalue weighted by Crippen LogP contribution is -3.05. The van der Waals surface area contributed by atoms with Crippen LogP contribution in [0.15, 0.2) is 0 Å². The number of carbonyl (C=O) groups is 1. The van der Waals surface area contributed by atoms with Crippen LogP contribution in [-0.2, 0) is 4.74 Å². The second kappa shape index (κ2) is 4.23. The Balaban J connectivity index is 3.49. The predicted octanol–water partition coefficient (Wildman–Crippen LogP) is -1.13. The number of carbonyl (C=O) groups excluding carboxylic acids is 1. The summed E-state index contributed by atoms with van der Waals surface area (Å²) in [5.74, 6) is -4.28. The van der Waals surface area contributed by atoms with Crippen molar-refractivity contribution in [3.63, 3.8) is 0 Å². The lowest BCUT2D eigenvalue weighted by molar-refractivity contribution is -0.692. The molecule has 7 N–H and O–H groups in total. The maximum Gasteiger partial charge on any atom is 0.519 e. The van der Waals surface area contributed by atoms with Crippen molar-refractivity contribution in [3.8, 4) is 23.0 Å². The van der Waals surface area contributed by atoms with Gasteiger partial charge < -0.3 is 36.1 Å². The summed E-state index contributed by atoms with van der Waals surface area (Å²) in [4.78, 5) is 10.9. The van der Waals surface area contributed by atoms with Crippen LogP contribution in [0.3, 0.4) is 0 Å². The number of aromatic hydroxyl groups is 4. The van der Waals surface area contributed by atoms with Gasteiger partial charge in [-0.3, -0.25) is 0 Å².